The maximum Gasteiger partial charge on any atom is 0.349 e. The second kappa shape index (κ2) is 10.3. The third kappa shape index (κ3) is 9.45. The summed E-state index contributed by atoms with van der Waals surface area (Å²) >= 11 is 0. The van der Waals surface area contributed by atoms with Crippen LogP contribution in [0.25, 0.3) is 0 Å². The SMILES string of the molecule is CC(O)C(=O)O.C[C@H](O)C(=O)OCC(=O)Oc1ccccc1. The number of aliphatic hydroxyl groups excluding tert-OH is 2. The molecule has 22 heavy (non-hydrogen) atoms. The molecule has 8 nitrogen and oxygen atoms in total. The van der Waals surface area contributed by atoms with E-state index in [1.165, 1.54) is 13.8 Å². The Morgan fingerprint density at radius 2 is 1.55 bits per heavy atom. The number of benzene rings is 1. The molecule has 0 heterocycles. The van der Waals surface area contributed by atoms with Gasteiger partial charge in [0.15, 0.2) is 6.61 Å². The standard InChI is InChI=1S/C11H12O5.C3H6O3/c1-8(12)11(14)15-7-10(13)16-9-5-3-2-4-6-9;1-2(4)3(5)6/h2-6,8,12H,7H2,1H3;2,4H,1H3,(H,5,6)/t8-;/m0./s1. The normalized spacial score (nSPS) is 12.2. The highest BCUT2D eigenvalue weighted by Gasteiger charge is 2.13. The van der Waals surface area contributed by atoms with Crippen molar-refractivity contribution >= 4 is 17.9 Å². The van der Waals surface area contributed by atoms with Crippen LogP contribution in [0.2, 0.25) is 0 Å². The van der Waals surface area contributed by atoms with Crippen LogP contribution in [0.15, 0.2) is 30.3 Å². The van der Waals surface area contributed by atoms with Gasteiger partial charge in [-0.3, -0.25) is 0 Å². The Kier molecular flexibility index (Phi) is 9.15. The first kappa shape index (κ1) is 19.6. The molecule has 0 aromatic heterocycles. The minimum Gasteiger partial charge on any atom is -0.479 e. The van der Waals surface area contributed by atoms with Gasteiger partial charge in [-0.25, -0.2) is 14.4 Å². The first-order valence-corrected chi connectivity index (χ1v) is 6.25. The molecule has 0 aliphatic carbocycles. The van der Waals surface area contributed by atoms with Crippen molar-refractivity contribution in [3.63, 3.8) is 0 Å². The summed E-state index contributed by atoms with van der Waals surface area (Å²) in [6.07, 6.45) is -2.48. The van der Waals surface area contributed by atoms with E-state index in [1.54, 1.807) is 30.3 Å². The van der Waals surface area contributed by atoms with E-state index in [1.807, 2.05) is 0 Å². The molecule has 2 atom stereocenters. The molecular weight excluding hydrogens is 296 g/mol. The molecule has 0 amide bonds. The van der Waals surface area contributed by atoms with Crippen molar-refractivity contribution in [3.8, 4) is 5.75 Å². The fraction of sp³-hybridized carbons (Fsp3) is 0.357. The van der Waals surface area contributed by atoms with Crippen LogP contribution >= 0.6 is 0 Å². The lowest BCUT2D eigenvalue weighted by Crippen LogP contribution is -2.24. The molecule has 8 heteroatoms. The summed E-state index contributed by atoms with van der Waals surface area (Å²) in [6, 6.07) is 8.42. The molecule has 0 aliphatic heterocycles. The van der Waals surface area contributed by atoms with E-state index in [-0.39, 0.29) is 0 Å². The molecular formula is C14H18O8. The lowest BCUT2D eigenvalue weighted by Gasteiger charge is -2.06. The zero-order valence-electron chi connectivity index (χ0n) is 12.1. The maximum absolute atomic E-state index is 11.2. The van der Waals surface area contributed by atoms with Gasteiger partial charge >= 0.3 is 17.9 Å². The average Bonchev–Trinajstić information content (AvgIpc) is 2.46. The minimum atomic E-state index is -1.25. The zero-order valence-corrected chi connectivity index (χ0v) is 12.1. The van der Waals surface area contributed by atoms with E-state index in [4.69, 9.17) is 20.1 Å². The van der Waals surface area contributed by atoms with Gasteiger partial charge in [-0.2, -0.15) is 0 Å². The van der Waals surface area contributed by atoms with E-state index in [0.29, 0.717) is 5.75 Å². The highest BCUT2D eigenvalue weighted by atomic mass is 16.6. The second-order valence-electron chi connectivity index (χ2n) is 4.09. The summed E-state index contributed by atoms with van der Waals surface area (Å²) in [6.45, 7) is 1.94. The molecule has 0 aliphatic rings. The summed E-state index contributed by atoms with van der Waals surface area (Å²) in [5.41, 5.74) is 0. The molecule has 0 spiro atoms. The quantitative estimate of drug-likeness (QED) is 0.510. The van der Waals surface area contributed by atoms with Crippen LogP contribution in [0.4, 0.5) is 0 Å². The molecule has 122 valence electrons. The van der Waals surface area contributed by atoms with E-state index in [2.05, 4.69) is 4.74 Å². The number of aliphatic carboxylic acids is 1. The third-order valence-corrected chi connectivity index (χ3v) is 2.01. The number of para-hydroxylation sites is 1. The minimum absolute atomic E-state index is 0.376. The second-order valence-corrected chi connectivity index (χ2v) is 4.09. The Balaban J connectivity index is 0.000000626. The number of aliphatic hydroxyl groups is 2. The van der Waals surface area contributed by atoms with Crippen molar-refractivity contribution in [1.29, 1.82) is 0 Å². The summed E-state index contributed by atoms with van der Waals surface area (Å²) in [5.74, 6) is -2.36. The third-order valence-electron chi connectivity index (χ3n) is 2.01. The maximum atomic E-state index is 11.2. The van der Waals surface area contributed by atoms with Crippen LogP contribution in [0, 0.1) is 0 Å². The molecule has 0 saturated heterocycles. The van der Waals surface area contributed by atoms with Gasteiger partial charge in [0.1, 0.15) is 18.0 Å². The van der Waals surface area contributed by atoms with Gasteiger partial charge in [0.25, 0.3) is 0 Å². The number of ether oxygens (including phenoxy) is 2. The smallest absolute Gasteiger partial charge is 0.349 e. The van der Waals surface area contributed by atoms with Crippen molar-refractivity contribution in [3.05, 3.63) is 30.3 Å². The predicted octanol–water partition coefficient (Wildman–Crippen LogP) is -0.0322. The van der Waals surface area contributed by atoms with Crippen molar-refractivity contribution in [1.82, 2.24) is 0 Å². The molecule has 3 N–H and O–H groups in total. The fourth-order valence-corrected chi connectivity index (χ4v) is 0.900. The number of esters is 2. The molecule has 1 unspecified atom stereocenters. The number of rotatable bonds is 5. The first-order valence-electron chi connectivity index (χ1n) is 6.25. The molecule has 1 aromatic rings. The number of carboxylic acids is 1. The average molecular weight is 314 g/mol. The van der Waals surface area contributed by atoms with Crippen LogP contribution in [0.1, 0.15) is 13.8 Å². The summed E-state index contributed by atoms with van der Waals surface area (Å²) < 4.78 is 9.32. The van der Waals surface area contributed by atoms with Gasteiger partial charge in [-0.15, -0.1) is 0 Å². The van der Waals surface area contributed by atoms with Crippen molar-refractivity contribution in [2.45, 2.75) is 26.1 Å². The van der Waals surface area contributed by atoms with E-state index < -0.39 is 36.7 Å². The Labute approximate surface area is 126 Å². The number of hydrogen-bond acceptors (Lipinski definition) is 7. The van der Waals surface area contributed by atoms with Crippen LogP contribution in [-0.4, -0.2) is 52.0 Å². The highest BCUT2D eigenvalue weighted by molar-refractivity contribution is 5.79. The highest BCUT2D eigenvalue weighted by Crippen LogP contribution is 2.08. The van der Waals surface area contributed by atoms with Gasteiger partial charge in [0.2, 0.25) is 0 Å². The Hall–Kier alpha value is -2.45. The summed E-state index contributed by atoms with van der Waals surface area (Å²) in [4.78, 5) is 31.4. The van der Waals surface area contributed by atoms with Gasteiger partial charge in [0, 0.05) is 0 Å². The van der Waals surface area contributed by atoms with Crippen molar-refractivity contribution in [2.24, 2.45) is 0 Å². The lowest BCUT2D eigenvalue weighted by atomic mass is 10.3. The summed E-state index contributed by atoms with van der Waals surface area (Å²) in [7, 11) is 0. The van der Waals surface area contributed by atoms with Crippen LogP contribution < -0.4 is 4.74 Å². The van der Waals surface area contributed by atoms with Crippen LogP contribution in [-0.2, 0) is 19.1 Å². The topological polar surface area (TPSA) is 130 Å². The zero-order chi connectivity index (χ0) is 17.1. The van der Waals surface area contributed by atoms with Crippen molar-refractivity contribution in [2.75, 3.05) is 6.61 Å². The Bertz CT molecular complexity index is 481. The summed E-state index contributed by atoms with van der Waals surface area (Å²) in [5, 5.41) is 24.6. The largest absolute Gasteiger partial charge is 0.479 e. The first-order chi connectivity index (χ1) is 10.2. The molecule has 0 saturated carbocycles. The molecule has 0 fully saturated rings. The lowest BCUT2D eigenvalue weighted by molar-refractivity contribution is -0.159. The Morgan fingerprint density at radius 3 is 1.95 bits per heavy atom. The number of carboxylic acid groups (broad SMARTS) is 1. The van der Waals surface area contributed by atoms with Crippen LogP contribution in [0.3, 0.4) is 0 Å². The molecule has 0 bridgehead atoms. The van der Waals surface area contributed by atoms with Crippen molar-refractivity contribution < 1.29 is 39.2 Å². The van der Waals surface area contributed by atoms with Gasteiger partial charge in [-0.05, 0) is 26.0 Å². The fourth-order valence-electron chi connectivity index (χ4n) is 0.900. The van der Waals surface area contributed by atoms with E-state index >= 15 is 0 Å². The monoisotopic (exact) mass is 314 g/mol. The van der Waals surface area contributed by atoms with Gasteiger partial charge in [0.05, 0.1) is 0 Å². The van der Waals surface area contributed by atoms with Crippen LogP contribution in [0.5, 0.6) is 5.75 Å². The van der Waals surface area contributed by atoms with E-state index in [0.717, 1.165) is 0 Å². The number of carbonyl (C=O) groups is 3. The number of carbonyl (C=O) groups excluding carboxylic acids is 2. The van der Waals surface area contributed by atoms with Gasteiger partial charge < -0.3 is 24.8 Å². The molecule has 1 aromatic carbocycles. The molecule has 1 rings (SSSR count). The molecule has 0 radical (unpaired) electrons. The van der Waals surface area contributed by atoms with E-state index in [9.17, 15) is 14.4 Å². The Morgan fingerprint density at radius 1 is 1.05 bits per heavy atom. The van der Waals surface area contributed by atoms with Gasteiger partial charge in [-0.1, -0.05) is 18.2 Å². The number of hydrogen-bond donors (Lipinski definition) is 3. The predicted molar refractivity (Wildman–Crippen MR) is 74.0 cm³/mol.